The fourth-order valence-electron chi connectivity index (χ4n) is 1.94. The van der Waals surface area contributed by atoms with Crippen molar-refractivity contribution in [3.05, 3.63) is 45.2 Å². The number of halogens is 2. The van der Waals surface area contributed by atoms with Crippen LogP contribution in [0.3, 0.4) is 0 Å². The summed E-state index contributed by atoms with van der Waals surface area (Å²) in [6.07, 6.45) is 0. The Morgan fingerprint density at radius 2 is 2.15 bits per heavy atom. The highest BCUT2D eigenvalue weighted by Crippen LogP contribution is 2.25. The Balaban J connectivity index is 2.19. The normalized spacial score (nSPS) is 10.3. The second-order valence-corrected chi connectivity index (χ2v) is 5.11. The predicted octanol–water partition coefficient (Wildman–Crippen LogP) is 4.00. The van der Waals surface area contributed by atoms with Crippen LogP contribution < -0.4 is 5.32 Å². The van der Waals surface area contributed by atoms with Crippen LogP contribution in [0.4, 0.5) is 5.69 Å². The Hall–Kier alpha value is -1.70. The maximum atomic E-state index is 8.81. The Kier molecular flexibility index (Phi) is 4.53. The number of nitrogens with one attached hydrogen (secondary N) is 1. The fraction of sp³-hybridized carbons (Fsp3) is 0.286. The van der Waals surface area contributed by atoms with Gasteiger partial charge in [0.1, 0.15) is 0 Å². The molecule has 0 bridgehead atoms. The van der Waals surface area contributed by atoms with Crippen molar-refractivity contribution in [2.45, 2.75) is 26.9 Å². The molecule has 0 radical (unpaired) electrons. The number of rotatable bonds is 4. The average molecular weight is 309 g/mol. The maximum absolute atomic E-state index is 8.81. The molecule has 6 heteroatoms. The summed E-state index contributed by atoms with van der Waals surface area (Å²) in [4.78, 5) is 0. The maximum Gasteiger partial charge on any atom is 0.0992 e. The second kappa shape index (κ2) is 6.17. The molecule has 0 atom stereocenters. The van der Waals surface area contributed by atoms with Crippen molar-refractivity contribution >= 4 is 28.9 Å². The largest absolute Gasteiger partial charge is 0.378 e. The Labute approximate surface area is 127 Å². The summed E-state index contributed by atoms with van der Waals surface area (Å²) in [5.74, 6) is 0. The van der Waals surface area contributed by atoms with Crippen LogP contribution in [0.2, 0.25) is 10.0 Å². The Bertz CT molecular complexity index is 671. The van der Waals surface area contributed by atoms with Crippen molar-refractivity contribution in [3.63, 3.8) is 0 Å². The van der Waals surface area contributed by atoms with Gasteiger partial charge in [-0.2, -0.15) is 10.4 Å². The minimum atomic E-state index is 0.513. The van der Waals surface area contributed by atoms with Crippen molar-refractivity contribution in [3.8, 4) is 6.07 Å². The number of anilines is 1. The summed E-state index contributed by atoms with van der Waals surface area (Å²) in [5, 5.41) is 17.6. The molecule has 20 heavy (non-hydrogen) atoms. The van der Waals surface area contributed by atoms with Crippen molar-refractivity contribution < 1.29 is 0 Å². The minimum absolute atomic E-state index is 0.513. The van der Waals surface area contributed by atoms with Gasteiger partial charge in [0, 0.05) is 6.54 Å². The van der Waals surface area contributed by atoms with Crippen molar-refractivity contribution in [1.82, 2.24) is 9.78 Å². The molecule has 1 aromatic carbocycles. The molecule has 0 saturated carbocycles. The molecule has 0 fully saturated rings. The van der Waals surface area contributed by atoms with E-state index in [4.69, 9.17) is 28.5 Å². The van der Waals surface area contributed by atoms with Crippen LogP contribution in [0.25, 0.3) is 0 Å². The van der Waals surface area contributed by atoms with Crippen molar-refractivity contribution in [2.75, 3.05) is 5.32 Å². The van der Waals surface area contributed by atoms with Gasteiger partial charge in [-0.25, -0.2) is 0 Å². The van der Waals surface area contributed by atoms with E-state index in [0.717, 1.165) is 23.6 Å². The van der Waals surface area contributed by atoms with Gasteiger partial charge in [-0.05, 0) is 32.0 Å². The molecule has 2 rings (SSSR count). The fourth-order valence-corrected chi connectivity index (χ4v) is 2.39. The first-order valence-electron chi connectivity index (χ1n) is 6.22. The van der Waals surface area contributed by atoms with E-state index in [0.29, 0.717) is 22.2 Å². The molecule has 0 aliphatic rings. The van der Waals surface area contributed by atoms with Crippen molar-refractivity contribution in [2.24, 2.45) is 0 Å². The van der Waals surface area contributed by atoms with E-state index in [1.165, 1.54) is 0 Å². The third kappa shape index (κ3) is 2.90. The molecular formula is C14H14Cl2N4. The third-order valence-electron chi connectivity index (χ3n) is 3.00. The zero-order valence-electron chi connectivity index (χ0n) is 11.2. The second-order valence-electron chi connectivity index (χ2n) is 4.32. The van der Waals surface area contributed by atoms with Crippen LogP contribution in [-0.4, -0.2) is 9.78 Å². The van der Waals surface area contributed by atoms with Gasteiger partial charge in [0.25, 0.3) is 0 Å². The lowest BCUT2D eigenvalue weighted by molar-refractivity contribution is 0.623. The smallest absolute Gasteiger partial charge is 0.0992 e. The number of aryl methyl sites for hydroxylation is 2. The number of aromatic nitrogens is 2. The minimum Gasteiger partial charge on any atom is -0.378 e. The van der Waals surface area contributed by atoms with Crippen LogP contribution >= 0.6 is 23.2 Å². The van der Waals surface area contributed by atoms with Gasteiger partial charge < -0.3 is 5.32 Å². The molecule has 0 spiro atoms. The van der Waals surface area contributed by atoms with E-state index in [1.807, 2.05) is 18.5 Å². The van der Waals surface area contributed by atoms with E-state index in [1.54, 1.807) is 18.2 Å². The number of hydrogen-bond donors (Lipinski definition) is 1. The quantitative estimate of drug-likeness (QED) is 0.928. The lowest BCUT2D eigenvalue weighted by atomic mass is 10.2. The lowest BCUT2D eigenvalue weighted by Crippen LogP contribution is -2.08. The standard InChI is InChI=1S/C14H14Cl2N4/c1-3-20-13(14(16)9(2)19-20)8-18-12-5-4-10(7-17)6-11(12)15/h4-6,18H,3,8H2,1-2H3. The molecule has 2 aromatic rings. The lowest BCUT2D eigenvalue weighted by Gasteiger charge is -2.10. The first kappa shape index (κ1) is 14.7. The summed E-state index contributed by atoms with van der Waals surface area (Å²) < 4.78 is 1.86. The van der Waals surface area contributed by atoms with Crippen LogP contribution in [0.15, 0.2) is 18.2 Å². The summed E-state index contributed by atoms with van der Waals surface area (Å²) >= 11 is 12.4. The zero-order valence-corrected chi connectivity index (χ0v) is 12.8. The molecule has 0 unspecified atom stereocenters. The van der Waals surface area contributed by atoms with Crippen LogP contribution in [-0.2, 0) is 13.1 Å². The molecule has 0 amide bonds. The van der Waals surface area contributed by atoms with Gasteiger partial charge in [-0.3, -0.25) is 4.68 Å². The van der Waals surface area contributed by atoms with Gasteiger partial charge >= 0.3 is 0 Å². The van der Waals surface area contributed by atoms with Crippen molar-refractivity contribution in [1.29, 1.82) is 5.26 Å². The summed E-state index contributed by atoms with van der Waals surface area (Å²) in [7, 11) is 0. The first-order chi connectivity index (χ1) is 9.56. The van der Waals surface area contributed by atoms with E-state index in [-0.39, 0.29) is 0 Å². The molecule has 4 nitrogen and oxygen atoms in total. The summed E-state index contributed by atoms with van der Waals surface area (Å²) in [5.41, 5.74) is 3.04. The molecule has 1 heterocycles. The number of nitrogens with zero attached hydrogens (tertiary/aromatic N) is 3. The average Bonchev–Trinajstić information content (AvgIpc) is 2.73. The van der Waals surface area contributed by atoms with E-state index >= 15 is 0 Å². The van der Waals surface area contributed by atoms with E-state index < -0.39 is 0 Å². The number of benzene rings is 1. The van der Waals surface area contributed by atoms with Gasteiger partial charge in [0.15, 0.2) is 0 Å². The van der Waals surface area contributed by atoms with Crippen LogP contribution in [0.5, 0.6) is 0 Å². The van der Waals surface area contributed by atoms with E-state index in [9.17, 15) is 0 Å². The van der Waals surface area contributed by atoms with Crippen LogP contribution in [0.1, 0.15) is 23.9 Å². The number of nitriles is 1. The SMILES string of the molecule is CCn1nc(C)c(Cl)c1CNc1ccc(C#N)cc1Cl. The van der Waals surface area contributed by atoms with Gasteiger partial charge in [-0.15, -0.1) is 0 Å². The molecule has 1 aromatic heterocycles. The van der Waals surface area contributed by atoms with Gasteiger partial charge in [0.2, 0.25) is 0 Å². The molecule has 104 valence electrons. The summed E-state index contributed by atoms with van der Waals surface area (Å²) in [6, 6.07) is 7.19. The molecular weight excluding hydrogens is 295 g/mol. The Morgan fingerprint density at radius 1 is 1.40 bits per heavy atom. The van der Waals surface area contributed by atoms with E-state index in [2.05, 4.69) is 16.5 Å². The molecule has 0 saturated heterocycles. The van der Waals surface area contributed by atoms with Crippen LogP contribution in [0, 0.1) is 18.3 Å². The molecule has 0 aliphatic carbocycles. The van der Waals surface area contributed by atoms with Gasteiger partial charge in [0.05, 0.1) is 45.3 Å². The monoisotopic (exact) mass is 308 g/mol. The highest BCUT2D eigenvalue weighted by atomic mass is 35.5. The molecule has 0 aliphatic heterocycles. The third-order valence-corrected chi connectivity index (χ3v) is 3.80. The topological polar surface area (TPSA) is 53.6 Å². The first-order valence-corrected chi connectivity index (χ1v) is 6.97. The highest BCUT2D eigenvalue weighted by molar-refractivity contribution is 6.33. The zero-order chi connectivity index (χ0) is 14.7. The predicted molar refractivity (Wildman–Crippen MR) is 81.1 cm³/mol. The summed E-state index contributed by atoms with van der Waals surface area (Å²) in [6.45, 7) is 5.18. The Morgan fingerprint density at radius 3 is 2.75 bits per heavy atom. The number of hydrogen-bond acceptors (Lipinski definition) is 3. The highest BCUT2D eigenvalue weighted by Gasteiger charge is 2.12. The molecule has 1 N–H and O–H groups in total. The van der Waals surface area contributed by atoms with Gasteiger partial charge in [-0.1, -0.05) is 23.2 Å².